The van der Waals surface area contributed by atoms with Crippen molar-refractivity contribution in [3.8, 4) is 11.6 Å². The van der Waals surface area contributed by atoms with E-state index >= 15 is 0 Å². The summed E-state index contributed by atoms with van der Waals surface area (Å²) in [4.78, 5) is 18.2. The lowest BCUT2D eigenvalue weighted by Gasteiger charge is -2.35. The quantitative estimate of drug-likeness (QED) is 0.547. The average Bonchev–Trinajstić information content (AvgIpc) is 3.17. The van der Waals surface area contributed by atoms with Crippen LogP contribution in [0.4, 0.5) is 9.18 Å². The highest BCUT2D eigenvalue weighted by Crippen LogP contribution is 2.26. The molecule has 3 heterocycles. The molecule has 0 unspecified atom stereocenters. The van der Waals surface area contributed by atoms with Crippen molar-refractivity contribution in [1.29, 1.82) is 0 Å². The molecule has 8 nitrogen and oxygen atoms in total. The second kappa shape index (κ2) is 8.90. The number of rotatable bonds is 4. The number of carbonyl (C=O) groups is 1. The Kier molecular flexibility index (Phi) is 6.28. The average molecular weight is 490 g/mol. The summed E-state index contributed by atoms with van der Waals surface area (Å²) < 4.78 is 51.3. The van der Waals surface area contributed by atoms with Gasteiger partial charge in [0.25, 0.3) is 0 Å². The highest BCUT2D eigenvalue weighted by Gasteiger charge is 2.35. The number of pyridine rings is 1. The molecule has 0 spiro atoms. The number of piperidine rings is 1. The molecule has 0 aliphatic carbocycles. The van der Waals surface area contributed by atoms with E-state index < -0.39 is 33.8 Å². The molecular weight excluding hydrogens is 461 g/mol. The predicted molar refractivity (Wildman–Crippen MR) is 126 cm³/mol. The van der Waals surface area contributed by atoms with Gasteiger partial charge in [-0.05, 0) is 57.2 Å². The summed E-state index contributed by atoms with van der Waals surface area (Å²) in [6, 6.07) is 10.2. The molecule has 1 fully saturated rings. The van der Waals surface area contributed by atoms with Crippen LogP contribution < -0.4 is 4.74 Å². The minimum absolute atomic E-state index is 0.0874. The van der Waals surface area contributed by atoms with Crippen molar-refractivity contribution in [2.24, 2.45) is 0 Å². The van der Waals surface area contributed by atoms with Gasteiger partial charge in [-0.3, -0.25) is 0 Å². The zero-order valence-corrected chi connectivity index (χ0v) is 20.4. The summed E-state index contributed by atoms with van der Waals surface area (Å²) in [5.74, 6) is 1.05. The summed E-state index contributed by atoms with van der Waals surface area (Å²) in [5, 5.41) is 0.780. The molecule has 0 saturated carbocycles. The maximum atomic E-state index is 14.7. The first-order valence-electron chi connectivity index (χ1n) is 11.0. The van der Waals surface area contributed by atoms with Gasteiger partial charge in [0, 0.05) is 30.8 Å². The van der Waals surface area contributed by atoms with Crippen LogP contribution >= 0.6 is 0 Å². The Hall–Kier alpha value is -3.14. The molecule has 1 saturated heterocycles. The number of sulfone groups is 1. The lowest BCUT2D eigenvalue weighted by atomic mass is 10.1. The molecule has 182 valence electrons. The zero-order valence-electron chi connectivity index (χ0n) is 19.6. The van der Waals surface area contributed by atoms with E-state index in [0.717, 1.165) is 10.9 Å². The molecule has 2 atom stereocenters. The summed E-state index contributed by atoms with van der Waals surface area (Å²) in [5.41, 5.74) is 0.178. The smallest absolute Gasteiger partial charge is 0.410 e. The van der Waals surface area contributed by atoms with Gasteiger partial charge in [-0.15, -0.1) is 0 Å². The number of hydrogen-bond donors (Lipinski definition) is 0. The van der Waals surface area contributed by atoms with Crippen molar-refractivity contribution in [1.82, 2.24) is 14.5 Å². The van der Waals surface area contributed by atoms with E-state index in [9.17, 15) is 17.6 Å². The van der Waals surface area contributed by atoms with Gasteiger partial charge in [0.2, 0.25) is 0 Å². The molecule has 2 aromatic heterocycles. The largest absolute Gasteiger partial charge is 0.486 e. The third-order valence-electron chi connectivity index (χ3n) is 5.48. The summed E-state index contributed by atoms with van der Waals surface area (Å²) in [6.45, 7) is 5.57. The number of fused-ring (bicyclic) bond motifs is 1. The molecule has 1 aromatic carbocycles. The van der Waals surface area contributed by atoms with Crippen LogP contribution in [0.2, 0.25) is 0 Å². The molecule has 0 N–H and O–H groups in total. The van der Waals surface area contributed by atoms with E-state index in [0.29, 0.717) is 24.5 Å². The third kappa shape index (κ3) is 5.32. The van der Waals surface area contributed by atoms with E-state index in [4.69, 9.17) is 9.47 Å². The number of alkyl halides is 1. The van der Waals surface area contributed by atoms with Gasteiger partial charge in [-0.2, -0.15) is 0 Å². The van der Waals surface area contributed by atoms with Crippen molar-refractivity contribution < 1.29 is 27.1 Å². The van der Waals surface area contributed by atoms with Crippen molar-refractivity contribution in [3.63, 3.8) is 0 Å². The Labute approximate surface area is 198 Å². The van der Waals surface area contributed by atoms with E-state index in [1.807, 2.05) is 16.8 Å². The lowest BCUT2D eigenvalue weighted by Crippen LogP contribution is -2.50. The van der Waals surface area contributed by atoms with Gasteiger partial charge in [0.15, 0.2) is 16.0 Å². The summed E-state index contributed by atoms with van der Waals surface area (Å²) >= 11 is 0. The van der Waals surface area contributed by atoms with Crippen LogP contribution in [0.3, 0.4) is 0 Å². The van der Waals surface area contributed by atoms with Crippen molar-refractivity contribution in [2.45, 2.75) is 50.0 Å². The van der Waals surface area contributed by atoms with E-state index in [1.165, 1.54) is 17.4 Å². The van der Waals surface area contributed by atoms with Gasteiger partial charge in [0.1, 0.15) is 23.3 Å². The number of nitrogens with zero attached hydrogens (tertiary/aromatic N) is 3. The molecule has 1 aliphatic rings. The van der Waals surface area contributed by atoms with Gasteiger partial charge < -0.3 is 18.9 Å². The minimum atomic E-state index is -3.29. The van der Waals surface area contributed by atoms with E-state index in [1.54, 1.807) is 51.1 Å². The van der Waals surface area contributed by atoms with E-state index in [-0.39, 0.29) is 11.4 Å². The zero-order chi connectivity index (χ0) is 24.7. The normalized spacial score (nSPS) is 19.3. The van der Waals surface area contributed by atoms with Crippen LogP contribution in [0.15, 0.2) is 53.7 Å². The first-order valence-corrected chi connectivity index (χ1v) is 12.9. The lowest BCUT2D eigenvalue weighted by molar-refractivity contribution is -0.0106. The van der Waals surface area contributed by atoms with Crippen LogP contribution in [0.25, 0.3) is 16.7 Å². The topological polar surface area (TPSA) is 90.7 Å². The van der Waals surface area contributed by atoms with Crippen LogP contribution in [0.1, 0.15) is 27.2 Å². The number of amides is 1. The predicted octanol–water partition coefficient (Wildman–Crippen LogP) is 4.16. The second-order valence-corrected chi connectivity index (χ2v) is 11.4. The number of ether oxygens (including phenoxy) is 2. The first-order chi connectivity index (χ1) is 15.9. The maximum absolute atomic E-state index is 14.7. The highest BCUT2D eigenvalue weighted by molar-refractivity contribution is 7.90. The van der Waals surface area contributed by atoms with Crippen LogP contribution in [0.5, 0.6) is 5.75 Å². The number of halogens is 1. The minimum Gasteiger partial charge on any atom is -0.486 e. The maximum Gasteiger partial charge on any atom is 0.410 e. The van der Waals surface area contributed by atoms with Crippen LogP contribution in [0, 0.1) is 0 Å². The van der Waals surface area contributed by atoms with Gasteiger partial charge >= 0.3 is 6.09 Å². The number of carbonyl (C=O) groups excluding carboxylic acids is 1. The SMILES string of the molecule is CC(C)(C)OC(=O)N1CC[C@@H](Oc2ccc(-n3ccc4cc(S(C)(=O)=O)ccc43)nc2)[C@H](F)C1. The molecule has 34 heavy (non-hydrogen) atoms. The monoisotopic (exact) mass is 489 g/mol. The Morgan fingerprint density at radius 3 is 2.56 bits per heavy atom. The van der Waals surface area contributed by atoms with Crippen molar-refractivity contribution in [3.05, 3.63) is 48.8 Å². The number of hydrogen-bond acceptors (Lipinski definition) is 6. The fourth-order valence-electron chi connectivity index (χ4n) is 3.82. The molecule has 4 rings (SSSR count). The molecule has 3 aromatic rings. The number of likely N-dealkylation sites (tertiary alicyclic amines) is 1. The number of benzene rings is 1. The Morgan fingerprint density at radius 2 is 1.94 bits per heavy atom. The van der Waals surface area contributed by atoms with Crippen LogP contribution in [-0.2, 0) is 14.6 Å². The Balaban J connectivity index is 1.42. The fraction of sp³-hybridized carbons (Fsp3) is 0.417. The molecule has 1 amide bonds. The molecule has 10 heteroatoms. The summed E-state index contributed by atoms with van der Waals surface area (Å²) in [7, 11) is -3.29. The van der Waals surface area contributed by atoms with Gasteiger partial charge in [-0.25, -0.2) is 22.6 Å². The van der Waals surface area contributed by atoms with Crippen molar-refractivity contribution >= 4 is 26.8 Å². The van der Waals surface area contributed by atoms with Gasteiger partial charge in [0.05, 0.1) is 23.2 Å². The van der Waals surface area contributed by atoms with Crippen molar-refractivity contribution in [2.75, 3.05) is 19.3 Å². The standard InChI is InChI=1S/C24H28FN3O5S/c1-24(2,3)33-23(29)27-11-10-21(19(25)15-27)32-17-5-8-22(26-14-17)28-12-9-16-13-18(34(4,30)31)6-7-20(16)28/h5-9,12-14,19,21H,10-11,15H2,1-4H3/t19-,21-/m1/s1. The Bertz CT molecular complexity index is 1300. The Morgan fingerprint density at radius 1 is 1.18 bits per heavy atom. The van der Waals surface area contributed by atoms with Crippen LogP contribution in [-0.4, -0.2) is 66.2 Å². The number of aromatic nitrogens is 2. The molecule has 0 radical (unpaired) electrons. The third-order valence-corrected chi connectivity index (χ3v) is 6.59. The molecule has 0 bridgehead atoms. The highest BCUT2D eigenvalue weighted by atomic mass is 32.2. The first kappa shape index (κ1) is 24.0. The molecule has 1 aliphatic heterocycles. The van der Waals surface area contributed by atoms with E-state index in [2.05, 4.69) is 4.98 Å². The second-order valence-electron chi connectivity index (χ2n) is 9.42. The fourth-order valence-corrected chi connectivity index (χ4v) is 4.48. The molecular formula is C24H28FN3O5S. The van der Waals surface area contributed by atoms with Gasteiger partial charge in [-0.1, -0.05) is 0 Å². The summed E-state index contributed by atoms with van der Waals surface area (Å²) in [6.07, 6.45) is 2.29.